The zero-order valence-corrected chi connectivity index (χ0v) is 18.4. The van der Waals surface area contributed by atoms with Crippen LogP contribution in [0.5, 0.6) is 0 Å². The first-order valence-electron chi connectivity index (χ1n) is 10.4. The van der Waals surface area contributed by atoms with Gasteiger partial charge in [0.15, 0.2) is 5.82 Å². The fourth-order valence-corrected chi connectivity index (χ4v) is 4.60. The molecule has 0 bridgehead atoms. The van der Waals surface area contributed by atoms with Gasteiger partial charge in [-0.2, -0.15) is 23.3 Å². The van der Waals surface area contributed by atoms with E-state index >= 15 is 0 Å². The van der Waals surface area contributed by atoms with Crippen molar-refractivity contribution in [3.8, 4) is 17.2 Å². The average Bonchev–Trinajstić information content (AvgIpc) is 3.43. The summed E-state index contributed by atoms with van der Waals surface area (Å²) in [4.78, 5) is 12.9. The summed E-state index contributed by atoms with van der Waals surface area (Å²) in [6, 6.07) is 6.70. The normalized spacial score (nSPS) is 13.8. The molecule has 0 fully saturated rings. The van der Waals surface area contributed by atoms with Gasteiger partial charge in [0.05, 0.1) is 17.0 Å². The monoisotopic (exact) mass is 472 g/mol. The Labute approximate surface area is 191 Å². The third-order valence-electron chi connectivity index (χ3n) is 5.49. The van der Waals surface area contributed by atoms with Crippen molar-refractivity contribution in [3.63, 3.8) is 0 Å². The molecule has 3 aromatic heterocycles. The van der Waals surface area contributed by atoms with Crippen LogP contribution in [-0.4, -0.2) is 29.9 Å². The Morgan fingerprint density at radius 3 is 2.82 bits per heavy atom. The average molecular weight is 472 g/mol. The maximum Gasteiger partial charge on any atom is 0.416 e. The van der Waals surface area contributed by atoms with E-state index in [1.165, 1.54) is 47.9 Å². The van der Waals surface area contributed by atoms with E-state index < -0.39 is 11.7 Å². The van der Waals surface area contributed by atoms with Gasteiger partial charge in [0.1, 0.15) is 11.4 Å². The van der Waals surface area contributed by atoms with Crippen LogP contribution in [-0.2, 0) is 24.8 Å². The number of hydrogen-bond donors (Lipinski definition) is 0. The van der Waals surface area contributed by atoms with Crippen molar-refractivity contribution in [3.05, 3.63) is 65.1 Å². The number of alkyl halides is 3. The molecule has 0 atom stereocenters. The number of halogens is 3. The summed E-state index contributed by atoms with van der Waals surface area (Å²) in [6.45, 7) is 2.02. The second kappa shape index (κ2) is 8.62. The van der Waals surface area contributed by atoms with Crippen LogP contribution in [0.25, 0.3) is 17.2 Å². The van der Waals surface area contributed by atoms with Gasteiger partial charge in [-0.3, -0.25) is 0 Å². The summed E-state index contributed by atoms with van der Waals surface area (Å²) in [5.74, 6) is 1.42. The second-order valence-electron chi connectivity index (χ2n) is 7.72. The molecule has 0 amide bonds. The number of benzene rings is 1. The molecular formula is C22H19F3N6OS. The molecule has 1 aromatic carbocycles. The molecule has 11 heteroatoms. The molecule has 1 aliphatic rings. The Morgan fingerprint density at radius 2 is 1.97 bits per heavy atom. The molecule has 0 saturated carbocycles. The summed E-state index contributed by atoms with van der Waals surface area (Å²) in [5.41, 5.74) is 3.03. The largest absolute Gasteiger partial charge is 0.416 e. The van der Waals surface area contributed by atoms with Crippen LogP contribution in [0.4, 0.5) is 13.2 Å². The van der Waals surface area contributed by atoms with Crippen molar-refractivity contribution in [2.24, 2.45) is 0 Å². The molecule has 5 rings (SSSR count). The Balaban J connectivity index is 1.31. The quantitative estimate of drug-likeness (QED) is 0.291. The van der Waals surface area contributed by atoms with E-state index in [1.54, 1.807) is 0 Å². The highest BCUT2D eigenvalue weighted by Gasteiger charge is 2.30. The lowest BCUT2D eigenvalue weighted by Gasteiger charge is -2.13. The van der Waals surface area contributed by atoms with Gasteiger partial charge >= 0.3 is 6.18 Å². The van der Waals surface area contributed by atoms with Gasteiger partial charge in [-0.1, -0.05) is 29.1 Å². The van der Waals surface area contributed by atoms with E-state index in [-0.39, 0.29) is 11.4 Å². The maximum absolute atomic E-state index is 13.0. The number of nitrogens with zero attached hydrogens (tertiary/aromatic N) is 6. The molecule has 7 nitrogen and oxygen atoms in total. The van der Waals surface area contributed by atoms with Crippen LogP contribution in [0, 0.1) is 6.92 Å². The van der Waals surface area contributed by atoms with Gasteiger partial charge in [-0.15, -0.1) is 0 Å². The molecule has 0 spiro atoms. The summed E-state index contributed by atoms with van der Waals surface area (Å²) < 4.78 is 46.0. The molecule has 0 radical (unpaired) electrons. The van der Waals surface area contributed by atoms with E-state index in [0.29, 0.717) is 22.5 Å². The van der Waals surface area contributed by atoms with Crippen molar-refractivity contribution >= 4 is 11.8 Å². The summed E-state index contributed by atoms with van der Waals surface area (Å²) in [7, 11) is 0. The van der Waals surface area contributed by atoms with Gasteiger partial charge in [0.2, 0.25) is 11.7 Å². The maximum atomic E-state index is 13.0. The standard InChI is InChI=1S/C22H19F3N6OS/c1-13-16-7-2-3-8-17(16)31(29-13)18-10-20(27-12-26-18)33-11-19-28-21(30-32-19)14-5-4-6-15(9-14)22(23,24)25/h4-6,9-10,12H,2-3,7-8,11H2,1H3. The molecule has 0 unspecified atom stereocenters. The number of rotatable bonds is 5. The Kier molecular flexibility index (Phi) is 5.65. The molecule has 0 aliphatic heterocycles. The van der Waals surface area contributed by atoms with Crippen molar-refractivity contribution in [2.75, 3.05) is 0 Å². The first kappa shape index (κ1) is 21.6. The molecule has 170 valence electrons. The number of thioether (sulfide) groups is 1. The topological polar surface area (TPSA) is 82.5 Å². The minimum atomic E-state index is -4.44. The number of aromatic nitrogens is 6. The predicted octanol–water partition coefficient (Wildman–Crippen LogP) is 5.21. The molecule has 1 aliphatic carbocycles. The van der Waals surface area contributed by atoms with Gasteiger partial charge in [0, 0.05) is 17.3 Å². The SMILES string of the molecule is Cc1nn(-c2cc(SCc3nc(-c4cccc(C(F)(F)F)c4)no3)ncn2)c2c1CCCC2. The fraction of sp³-hybridized carbons (Fsp3) is 0.318. The number of fused-ring (bicyclic) bond motifs is 1. The molecule has 0 N–H and O–H groups in total. The van der Waals surface area contributed by atoms with Gasteiger partial charge in [-0.05, 0) is 50.3 Å². The van der Waals surface area contributed by atoms with Crippen molar-refractivity contribution < 1.29 is 17.7 Å². The highest BCUT2D eigenvalue weighted by atomic mass is 32.2. The van der Waals surface area contributed by atoms with Gasteiger partial charge in [0.25, 0.3) is 0 Å². The number of hydrogen-bond acceptors (Lipinski definition) is 7. The lowest BCUT2D eigenvalue weighted by molar-refractivity contribution is -0.137. The fourth-order valence-electron chi connectivity index (χ4n) is 3.90. The zero-order chi connectivity index (χ0) is 23.0. The van der Waals surface area contributed by atoms with Crippen LogP contribution in [0.15, 0.2) is 46.2 Å². The van der Waals surface area contributed by atoms with Crippen LogP contribution in [0.3, 0.4) is 0 Å². The van der Waals surface area contributed by atoms with Crippen LogP contribution < -0.4 is 0 Å². The molecule has 33 heavy (non-hydrogen) atoms. The molecule has 0 saturated heterocycles. The Morgan fingerprint density at radius 1 is 1.12 bits per heavy atom. The third-order valence-corrected chi connectivity index (χ3v) is 6.40. The van der Waals surface area contributed by atoms with Gasteiger partial charge < -0.3 is 4.52 Å². The van der Waals surface area contributed by atoms with E-state index in [1.807, 2.05) is 17.7 Å². The van der Waals surface area contributed by atoms with E-state index in [2.05, 4.69) is 25.2 Å². The van der Waals surface area contributed by atoms with E-state index in [9.17, 15) is 13.2 Å². The van der Waals surface area contributed by atoms with Crippen LogP contribution >= 0.6 is 11.8 Å². The molecule has 4 aromatic rings. The van der Waals surface area contributed by atoms with Gasteiger partial charge in [-0.25, -0.2) is 14.6 Å². The second-order valence-corrected chi connectivity index (χ2v) is 8.72. The smallest absolute Gasteiger partial charge is 0.338 e. The van der Waals surface area contributed by atoms with Crippen LogP contribution in [0.2, 0.25) is 0 Å². The predicted molar refractivity (Wildman–Crippen MR) is 115 cm³/mol. The highest BCUT2D eigenvalue weighted by Crippen LogP contribution is 2.32. The van der Waals surface area contributed by atoms with Crippen molar-refractivity contribution in [2.45, 2.75) is 49.6 Å². The lowest BCUT2D eigenvalue weighted by Crippen LogP contribution is -2.09. The van der Waals surface area contributed by atoms with Crippen molar-refractivity contribution in [1.82, 2.24) is 29.9 Å². The summed E-state index contributed by atoms with van der Waals surface area (Å²) in [6.07, 6.45) is 1.39. The first-order valence-corrected chi connectivity index (χ1v) is 11.4. The zero-order valence-electron chi connectivity index (χ0n) is 17.6. The van der Waals surface area contributed by atoms with E-state index in [4.69, 9.17) is 4.52 Å². The lowest BCUT2D eigenvalue weighted by atomic mass is 9.96. The first-order chi connectivity index (χ1) is 15.9. The summed E-state index contributed by atoms with van der Waals surface area (Å²) in [5, 5.41) is 9.21. The van der Waals surface area contributed by atoms with Crippen molar-refractivity contribution in [1.29, 1.82) is 0 Å². The highest BCUT2D eigenvalue weighted by molar-refractivity contribution is 7.98. The third kappa shape index (κ3) is 4.50. The minimum absolute atomic E-state index is 0.110. The van der Waals surface area contributed by atoms with Crippen LogP contribution in [0.1, 0.15) is 41.2 Å². The minimum Gasteiger partial charge on any atom is -0.338 e. The summed E-state index contributed by atoms with van der Waals surface area (Å²) >= 11 is 1.37. The molecular weight excluding hydrogens is 453 g/mol. The molecule has 3 heterocycles. The number of aryl methyl sites for hydroxylation is 1. The van der Waals surface area contributed by atoms with E-state index in [0.717, 1.165) is 37.1 Å². The Bertz CT molecular complexity index is 1300. The Hall–Kier alpha value is -3.21.